The molecule has 3 nitrogen and oxygen atoms in total. The Balaban J connectivity index is 1.89. The maximum absolute atomic E-state index is 13.2. The number of rotatable bonds is 4. The molecule has 3 aromatic carbocycles. The fourth-order valence-corrected chi connectivity index (χ4v) is 3.71. The number of hydrogen-bond donors (Lipinski definition) is 0. The fourth-order valence-electron chi connectivity index (χ4n) is 3.71. The van der Waals surface area contributed by atoms with Crippen LogP contribution >= 0.6 is 0 Å². The maximum Gasteiger partial charge on any atom is 0.235 e. The van der Waals surface area contributed by atoms with Crippen molar-refractivity contribution in [1.29, 1.82) is 0 Å². The zero-order chi connectivity index (χ0) is 18.1. The van der Waals surface area contributed by atoms with Gasteiger partial charge in [0.25, 0.3) is 0 Å². The molecule has 0 aliphatic carbocycles. The first-order valence-electron chi connectivity index (χ1n) is 8.81. The van der Waals surface area contributed by atoms with Crippen LogP contribution in [0.5, 0.6) is 5.75 Å². The third-order valence-electron chi connectivity index (χ3n) is 5.06. The highest BCUT2D eigenvalue weighted by atomic mass is 16.5. The molecule has 1 amide bonds. The molecule has 3 aromatic rings. The van der Waals surface area contributed by atoms with E-state index in [4.69, 9.17) is 4.74 Å². The van der Waals surface area contributed by atoms with Gasteiger partial charge in [-0.1, -0.05) is 60.7 Å². The van der Waals surface area contributed by atoms with Crippen LogP contribution in [0.15, 0.2) is 78.9 Å². The van der Waals surface area contributed by atoms with Gasteiger partial charge in [0, 0.05) is 5.69 Å². The molecule has 1 heterocycles. The number of amides is 1. The van der Waals surface area contributed by atoms with Gasteiger partial charge < -0.3 is 4.74 Å². The minimum Gasteiger partial charge on any atom is -0.497 e. The van der Waals surface area contributed by atoms with E-state index in [0.29, 0.717) is 0 Å². The van der Waals surface area contributed by atoms with Gasteiger partial charge in [0.05, 0.1) is 19.1 Å². The number of anilines is 1. The molecule has 0 saturated heterocycles. The molecule has 0 unspecified atom stereocenters. The molecule has 1 aliphatic rings. The van der Waals surface area contributed by atoms with E-state index < -0.39 is 0 Å². The Morgan fingerprint density at radius 1 is 0.885 bits per heavy atom. The first kappa shape index (κ1) is 16.4. The van der Waals surface area contributed by atoms with Crippen molar-refractivity contribution >= 4 is 11.6 Å². The Morgan fingerprint density at radius 2 is 1.46 bits per heavy atom. The second-order valence-electron chi connectivity index (χ2n) is 6.58. The van der Waals surface area contributed by atoms with E-state index in [1.165, 1.54) is 0 Å². The molecule has 0 spiro atoms. The first-order valence-corrected chi connectivity index (χ1v) is 8.81. The van der Waals surface area contributed by atoms with E-state index in [9.17, 15) is 4.79 Å². The van der Waals surface area contributed by atoms with Crippen LogP contribution in [-0.4, -0.2) is 13.0 Å². The van der Waals surface area contributed by atoms with Gasteiger partial charge in [0.1, 0.15) is 5.75 Å². The molecular weight excluding hydrogens is 322 g/mol. The SMILES string of the molecule is COc1ccc2c(c1)[C@@H](C)C(=O)N2C(c1ccccc1)c1ccccc1. The van der Waals surface area contributed by atoms with Gasteiger partial charge in [-0.15, -0.1) is 0 Å². The lowest BCUT2D eigenvalue weighted by Gasteiger charge is -2.30. The highest BCUT2D eigenvalue weighted by Gasteiger charge is 2.39. The molecule has 3 heteroatoms. The average molecular weight is 343 g/mol. The van der Waals surface area contributed by atoms with Gasteiger partial charge in [0.2, 0.25) is 5.91 Å². The van der Waals surface area contributed by atoms with E-state index in [1.54, 1.807) is 7.11 Å². The average Bonchev–Trinajstić information content (AvgIpc) is 2.95. The molecule has 0 fully saturated rings. The Labute approximate surface area is 153 Å². The second-order valence-corrected chi connectivity index (χ2v) is 6.58. The van der Waals surface area contributed by atoms with Crippen LogP contribution in [-0.2, 0) is 4.79 Å². The molecule has 26 heavy (non-hydrogen) atoms. The summed E-state index contributed by atoms with van der Waals surface area (Å²) in [5.41, 5.74) is 4.18. The number of hydrogen-bond acceptors (Lipinski definition) is 2. The van der Waals surface area contributed by atoms with Crippen LogP contribution in [0.1, 0.15) is 35.6 Å². The van der Waals surface area contributed by atoms with Crippen molar-refractivity contribution in [2.24, 2.45) is 0 Å². The summed E-state index contributed by atoms with van der Waals surface area (Å²) >= 11 is 0. The van der Waals surface area contributed by atoms with E-state index in [0.717, 1.165) is 28.1 Å². The molecule has 1 aliphatic heterocycles. The normalized spacial score (nSPS) is 16.0. The lowest BCUT2D eigenvalue weighted by atomic mass is 9.97. The molecule has 4 rings (SSSR count). The standard InChI is InChI=1S/C23H21NO2/c1-16-20-15-19(26-2)13-14-21(20)24(23(16)25)22(17-9-5-3-6-10-17)18-11-7-4-8-12-18/h3-16,22H,1-2H3/t16-/m1/s1. The van der Waals surface area contributed by atoms with Crippen LogP contribution in [0.4, 0.5) is 5.69 Å². The zero-order valence-electron chi connectivity index (χ0n) is 14.9. The number of carbonyl (C=O) groups excluding carboxylic acids is 1. The van der Waals surface area contributed by atoms with E-state index in [2.05, 4.69) is 24.3 Å². The molecule has 0 N–H and O–H groups in total. The molecule has 0 radical (unpaired) electrons. The molecular formula is C23H21NO2. The van der Waals surface area contributed by atoms with Crippen molar-refractivity contribution in [1.82, 2.24) is 0 Å². The van der Waals surface area contributed by atoms with Crippen molar-refractivity contribution in [3.63, 3.8) is 0 Å². The van der Waals surface area contributed by atoms with Crippen molar-refractivity contribution in [3.8, 4) is 5.75 Å². The molecule has 0 saturated carbocycles. The number of ether oxygens (including phenoxy) is 1. The van der Waals surface area contributed by atoms with Gasteiger partial charge >= 0.3 is 0 Å². The molecule has 0 bridgehead atoms. The van der Waals surface area contributed by atoms with Crippen molar-refractivity contribution in [3.05, 3.63) is 95.6 Å². The number of benzene rings is 3. The number of methoxy groups -OCH3 is 1. The van der Waals surface area contributed by atoms with Crippen molar-refractivity contribution in [2.45, 2.75) is 18.9 Å². The third kappa shape index (κ3) is 2.66. The first-order chi connectivity index (χ1) is 12.7. The summed E-state index contributed by atoms with van der Waals surface area (Å²) in [4.78, 5) is 15.2. The molecule has 130 valence electrons. The lowest BCUT2D eigenvalue weighted by molar-refractivity contribution is -0.119. The van der Waals surface area contributed by atoms with Crippen LogP contribution < -0.4 is 9.64 Å². The van der Waals surface area contributed by atoms with E-state index in [1.807, 2.05) is 66.4 Å². The zero-order valence-corrected chi connectivity index (χ0v) is 14.9. The van der Waals surface area contributed by atoms with Crippen LogP contribution in [0.3, 0.4) is 0 Å². The maximum atomic E-state index is 13.2. The van der Waals surface area contributed by atoms with Gasteiger partial charge in [-0.2, -0.15) is 0 Å². The largest absolute Gasteiger partial charge is 0.497 e. The summed E-state index contributed by atoms with van der Waals surface area (Å²) in [6.07, 6.45) is 0. The number of carbonyl (C=O) groups is 1. The predicted octanol–water partition coefficient (Wildman–Crippen LogP) is 4.93. The Hall–Kier alpha value is -3.07. The highest BCUT2D eigenvalue weighted by Crippen LogP contribution is 2.45. The van der Waals surface area contributed by atoms with Crippen LogP contribution in [0, 0.1) is 0 Å². The Morgan fingerprint density at radius 3 is 2.00 bits per heavy atom. The minimum atomic E-state index is -0.185. The third-order valence-corrected chi connectivity index (χ3v) is 5.06. The smallest absolute Gasteiger partial charge is 0.235 e. The quantitative estimate of drug-likeness (QED) is 0.672. The van der Waals surface area contributed by atoms with Gasteiger partial charge in [-0.3, -0.25) is 9.69 Å². The van der Waals surface area contributed by atoms with E-state index in [-0.39, 0.29) is 17.9 Å². The van der Waals surface area contributed by atoms with Crippen molar-refractivity contribution < 1.29 is 9.53 Å². The van der Waals surface area contributed by atoms with Crippen molar-refractivity contribution in [2.75, 3.05) is 12.0 Å². The van der Waals surface area contributed by atoms with Crippen LogP contribution in [0.25, 0.3) is 0 Å². The second kappa shape index (κ2) is 6.68. The summed E-state index contributed by atoms with van der Waals surface area (Å²) in [6, 6.07) is 26.1. The number of fused-ring (bicyclic) bond motifs is 1. The summed E-state index contributed by atoms with van der Waals surface area (Å²) < 4.78 is 5.36. The van der Waals surface area contributed by atoms with Gasteiger partial charge in [-0.25, -0.2) is 0 Å². The fraction of sp³-hybridized carbons (Fsp3) is 0.174. The molecule has 0 aromatic heterocycles. The topological polar surface area (TPSA) is 29.5 Å². The lowest BCUT2D eigenvalue weighted by Crippen LogP contribution is -2.33. The Bertz CT molecular complexity index is 882. The summed E-state index contributed by atoms with van der Waals surface area (Å²) in [7, 11) is 1.65. The summed E-state index contributed by atoms with van der Waals surface area (Å²) in [5.74, 6) is 0.710. The van der Waals surface area contributed by atoms with E-state index >= 15 is 0 Å². The minimum absolute atomic E-state index is 0.117. The molecule has 1 atom stereocenters. The predicted molar refractivity (Wildman–Crippen MR) is 104 cm³/mol. The summed E-state index contributed by atoms with van der Waals surface area (Å²) in [5, 5.41) is 0. The monoisotopic (exact) mass is 343 g/mol. The highest BCUT2D eigenvalue weighted by molar-refractivity contribution is 6.05. The van der Waals surface area contributed by atoms with Gasteiger partial charge in [-0.05, 0) is 41.8 Å². The summed E-state index contributed by atoms with van der Waals surface area (Å²) in [6.45, 7) is 1.97. The Kier molecular flexibility index (Phi) is 4.21. The van der Waals surface area contributed by atoms with Crippen LogP contribution in [0.2, 0.25) is 0 Å². The number of nitrogens with zero attached hydrogens (tertiary/aromatic N) is 1. The van der Waals surface area contributed by atoms with Gasteiger partial charge in [0.15, 0.2) is 0 Å².